The fraction of sp³-hybridized carbons (Fsp3) is 0.438. The van der Waals surface area contributed by atoms with E-state index in [-0.39, 0.29) is 12.3 Å². The molecule has 1 fully saturated rings. The van der Waals surface area contributed by atoms with E-state index >= 15 is 0 Å². The third kappa shape index (κ3) is 3.76. The minimum atomic E-state index is -0.457. The van der Waals surface area contributed by atoms with Crippen molar-refractivity contribution >= 4 is 23.3 Å². The Morgan fingerprint density at radius 3 is 2.68 bits per heavy atom. The molecule has 0 aromatic heterocycles. The van der Waals surface area contributed by atoms with E-state index in [1.165, 1.54) is 13.5 Å². The number of benzene rings is 1. The Balaban J connectivity index is 2.32. The number of ether oxygens (including phenoxy) is 1. The number of nitrogens with zero attached hydrogens (tertiary/aromatic N) is 2. The van der Waals surface area contributed by atoms with Crippen molar-refractivity contribution in [1.82, 2.24) is 0 Å². The molecule has 0 bridgehead atoms. The maximum Gasteiger partial charge on any atom is 0.337 e. The fourth-order valence-electron chi connectivity index (χ4n) is 2.56. The Hall–Kier alpha value is -2.55. The zero-order valence-corrected chi connectivity index (χ0v) is 12.6. The maximum absolute atomic E-state index is 11.7. The molecule has 22 heavy (non-hydrogen) atoms. The van der Waals surface area contributed by atoms with E-state index in [0.29, 0.717) is 11.3 Å². The molecule has 1 aromatic rings. The topological polar surface area (TPSA) is 82.4 Å². The fourth-order valence-corrected chi connectivity index (χ4v) is 2.56. The summed E-state index contributed by atoms with van der Waals surface area (Å²) in [5, 5.41) is 11.3. The molecule has 0 spiro atoms. The van der Waals surface area contributed by atoms with Crippen molar-refractivity contribution in [3.8, 4) is 6.07 Å². The van der Waals surface area contributed by atoms with Crippen molar-refractivity contribution < 1.29 is 14.3 Å². The van der Waals surface area contributed by atoms with E-state index in [9.17, 15) is 9.59 Å². The number of esters is 1. The largest absolute Gasteiger partial charge is 0.465 e. The van der Waals surface area contributed by atoms with Gasteiger partial charge in [0.2, 0.25) is 5.91 Å². The number of anilines is 2. The first kappa shape index (κ1) is 15.8. The molecule has 6 heteroatoms. The van der Waals surface area contributed by atoms with Gasteiger partial charge >= 0.3 is 5.97 Å². The molecule has 6 nitrogen and oxygen atoms in total. The zero-order chi connectivity index (χ0) is 15.9. The van der Waals surface area contributed by atoms with Crippen LogP contribution in [0.4, 0.5) is 11.4 Å². The van der Waals surface area contributed by atoms with Gasteiger partial charge in [0.25, 0.3) is 0 Å². The Morgan fingerprint density at radius 1 is 1.32 bits per heavy atom. The predicted molar refractivity (Wildman–Crippen MR) is 82.7 cm³/mol. The van der Waals surface area contributed by atoms with Crippen LogP contribution in [0.5, 0.6) is 0 Å². The van der Waals surface area contributed by atoms with Gasteiger partial charge in [-0.3, -0.25) is 4.79 Å². The van der Waals surface area contributed by atoms with E-state index in [1.54, 1.807) is 12.1 Å². The standard InChI is InChI=1S/C16H19N3O3/c1-22-16(21)12-5-6-14(19-9-3-2-4-10-19)13(11-12)18-15(20)7-8-17/h5-6,11H,2-4,7,9-10H2,1H3,(H,18,20). The number of piperidine rings is 1. The molecular weight excluding hydrogens is 282 g/mol. The SMILES string of the molecule is COC(=O)c1ccc(N2CCCCC2)c(NC(=O)CC#N)c1. The number of hydrogen-bond donors (Lipinski definition) is 1. The quantitative estimate of drug-likeness (QED) is 0.863. The molecule has 2 rings (SSSR count). The maximum atomic E-state index is 11.7. The molecule has 116 valence electrons. The van der Waals surface area contributed by atoms with E-state index in [2.05, 4.69) is 10.2 Å². The monoisotopic (exact) mass is 301 g/mol. The molecule has 0 saturated carbocycles. The van der Waals surface area contributed by atoms with Crippen LogP contribution in [0.2, 0.25) is 0 Å². The lowest BCUT2D eigenvalue weighted by Gasteiger charge is -2.30. The van der Waals surface area contributed by atoms with Crippen LogP contribution in [0.15, 0.2) is 18.2 Å². The van der Waals surface area contributed by atoms with Crippen LogP contribution < -0.4 is 10.2 Å². The van der Waals surface area contributed by atoms with E-state index in [0.717, 1.165) is 31.6 Å². The highest BCUT2D eigenvalue weighted by Crippen LogP contribution is 2.30. The Labute approximate surface area is 129 Å². The lowest BCUT2D eigenvalue weighted by molar-refractivity contribution is -0.115. The van der Waals surface area contributed by atoms with E-state index in [4.69, 9.17) is 10.00 Å². The van der Waals surface area contributed by atoms with Gasteiger partial charge in [-0.05, 0) is 37.5 Å². The summed E-state index contributed by atoms with van der Waals surface area (Å²) in [6, 6.07) is 6.93. The molecule has 1 aromatic carbocycles. The van der Waals surface area contributed by atoms with Crippen molar-refractivity contribution in [2.45, 2.75) is 25.7 Å². The number of nitriles is 1. The number of nitrogens with one attached hydrogen (secondary N) is 1. The summed E-state index contributed by atoms with van der Waals surface area (Å²) in [4.78, 5) is 25.6. The molecule has 1 N–H and O–H groups in total. The number of carbonyl (C=O) groups excluding carboxylic acids is 2. The average molecular weight is 301 g/mol. The second kappa shape index (κ2) is 7.46. The third-order valence-corrected chi connectivity index (χ3v) is 3.63. The van der Waals surface area contributed by atoms with Crippen LogP contribution in [0.25, 0.3) is 0 Å². The zero-order valence-electron chi connectivity index (χ0n) is 12.6. The van der Waals surface area contributed by atoms with Gasteiger partial charge in [0.15, 0.2) is 0 Å². The summed E-state index contributed by atoms with van der Waals surface area (Å²) in [5.41, 5.74) is 1.79. The van der Waals surface area contributed by atoms with Crippen LogP contribution in [-0.2, 0) is 9.53 Å². The average Bonchev–Trinajstić information content (AvgIpc) is 2.55. The first-order valence-electron chi connectivity index (χ1n) is 7.30. The number of amides is 1. The molecule has 0 atom stereocenters. The van der Waals surface area contributed by atoms with E-state index in [1.807, 2.05) is 12.1 Å². The Bertz CT molecular complexity index is 601. The molecule has 1 saturated heterocycles. The lowest BCUT2D eigenvalue weighted by atomic mass is 10.1. The van der Waals surface area contributed by atoms with Gasteiger partial charge in [0.1, 0.15) is 6.42 Å². The van der Waals surface area contributed by atoms with Crippen LogP contribution in [0.3, 0.4) is 0 Å². The molecule has 0 unspecified atom stereocenters. The third-order valence-electron chi connectivity index (χ3n) is 3.63. The van der Waals surface area contributed by atoms with Crippen LogP contribution in [0, 0.1) is 11.3 Å². The second-order valence-electron chi connectivity index (χ2n) is 5.15. The highest BCUT2D eigenvalue weighted by Gasteiger charge is 2.18. The summed E-state index contributed by atoms with van der Waals surface area (Å²) in [5.74, 6) is -0.844. The summed E-state index contributed by atoms with van der Waals surface area (Å²) in [6.07, 6.45) is 3.18. The van der Waals surface area contributed by atoms with Crippen LogP contribution >= 0.6 is 0 Å². The summed E-state index contributed by atoms with van der Waals surface area (Å²) in [6.45, 7) is 1.83. The number of carbonyl (C=O) groups is 2. The molecule has 1 aliphatic rings. The van der Waals surface area contributed by atoms with Gasteiger partial charge in [-0.25, -0.2) is 4.79 Å². The van der Waals surface area contributed by atoms with Crippen molar-refractivity contribution in [3.05, 3.63) is 23.8 Å². The van der Waals surface area contributed by atoms with Gasteiger partial charge in [-0.1, -0.05) is 0 Å². The summed E-state index contributed by atoms with van der Waals surface area (Å²) >= 11 is 0. The van der Waals surface area contributed by atoms with Gasteiger partial charge in [-0.2, -0.15) is 5.26 Å². The highest BCUT2D eigenvalue weighted by molar-refractivity contribution is 5.98. The van der Waals surface area contributed by atoms with Gasteiger partial charge in [-0.15, -0.1) is 0 Å². The molecule has 1 heterocycles. The highest BCUT2D eigenvalue weighted by atomic mass is 16.5. The van der Waals surface area contributed by atoms with Crippen molar-refractivity contribution in [3.63, 3.8) is 0 Å². The lowest BCUT2D eigenvalue weighted by Crippen LogP contribution is -2.30. The molecule has 1 aliphatic heterocycles. The Morgan fingerprint density at radius 2 is 2.05 bits per heavy atom. The van der Waals surface area contributed by atoms with Gasteiger partial charge in [0, 0.05) is 13.1 Å². The Kier molecular flexibility index (Phi) is 5.37. The van der Waals surface area contributed by atoms with Crippen LogP contribution in [-0.4, -0.2) is 32.1 Å². The van der Waals surface area contributed by atoms with Crippen LogP contribution in [0.1, 0.15) is 36.0 Å². The minimum absolute atomic E-state index is 0.220. The van der Waals surface area contributed by atoms with E-state index < -0.39 is 5.97 Å². The number of methoxy groups -OCH3 is 1. The molecule has 1 amide bonds. The summed E-state index contributed by atoms with van der Waals surface area (Å²) < 4.78 is 4.71. The van der Waals surface area contributed by atoms with Crippen molar-refractivity contribution in [1.29, 1.82) is 5.26 Å². The summed E-state index contributed by atoms with van der Waals surface area (Å²) in [7, 11) is 1.31. The molecule has 0 aliphatic carbocycles. The first-order valence-corrected chi connectivity index (χ1v) is 7.30. The number of rotatable bonds is 4. The van der Waals surface area contributed by atoms with Crippen molar-refractivity contribution in [2.75, 3.05) is 30.4 Å². The predicted octanol–water partition coefficient (Wildman–Crippen LogP) is 2.32. The minimum Gasteiger partial charge on any atom is -0.465 e. The normalized spacial score (nSPS) is 14.1. The number of hydrogen-bond acceptors (Lipinski definition) is 5. The van der Waals surface area contributed by atoms with Crippen molar-refractivity contribution in [2.24, 2.45) is 0 Å². The molecule has 0 radical (unpaired) electrons. The smallest absolute Gasteiger partial charge is 0.337 e. The van der Waals surface area contributed by atoms with Gasteiger partial charge in [0.05, 0.1) is 30.1 Å². The first-order chi connectivity index (χ1) is 10.7. The van der Waals surface area contributed by atoms with Gasteiger partial charge < -0.3 is 15.0 Å². The second-order valence-corrected chi connectivity index (χ2v) is 5.15. The molecular formula is C16H19N3O3.